The monoisotopic (exact) mass is 326 g/mol. The number of aromatic hydroxyl groups is 1. The number of hydrogen-bond donors (Lipinski definition) is 2. The van der Waals surface area contributed by atoms with E-state index in [2.05, 4.69) is 10.3 Å². The molecule has 0 bridgehead atoms. The minimum atomic E-state index is -3.11. The van der Waals surface area contributed by atoms with Gasteiger partial charge in [0.2, 0.25) is 5.91 Å². The molecule has 1 aliphatic rings. The van der Waals surface area contributed by atoms with Crippen molar-refractivity contribution in [1.29, 1.82) is 0 Å². The van der Waals surface area contributed by atoms with Crippen LogP contribution in [0.4, 0.5) is 5.13 Å². The van der Waals surface area contributed by atoms with Crippen molar-refractivity contribution < 1.29 is 18.3 Å². The Morgan fingerprint density at radius 3 is 3.00 bits per heavy atom. The highest BCUT2D eigenvalue weighted by molar-refractivity contribution is 7.91. The minimum Gasteiger partial charge on any atom is -0.508 e. The maximum Gasteiger partial charge on any atom is 0.230 e. The predicted molar refractivity (Wildman–Crippen MR) is 81.3 cm³/mol. The molecule has 112 valence electrons. The Morgan fingerprint density at radius 1 is 1.43 bits per heavy atom. The summed E-state index contributed by atoms with van der Waals surface area (Å²) < 4.78 is 23.9. The van der Waals surface area contributed by atoms with E-state index in [1.807, 2.05) is 0 Å². The summed E-state index contributed by atoms with van der Waals surface area (Å²) in [5.41, 5.74) is 0.685. The van der Waals surface area contributed by atoms with Gasteiger partial charge in [-0.1, -0.05) is 11.3 Å². The van der Waals surface area contributed by atoms with Gasteiger partial charge >= 0.3 is 0 Å². The van der Waals surface area contributed by atoms with Gasteiger partial charge in [-0.15, -0.1) is 0 Å². The molecule has 1 unspecified atom stereocenters. The first-order valence-electron chi connectivity index (χ1n) is 6.54. The van der Waals surface area contributed by atoms with Gasteiger partial charge in [0.05, 0.1) is 27.6 Å². The topological polar surface area (TPSA) is 96.4 Å². The highest BCUT2D eigenvalue weighted by Crippen LogP contribution is 2.29. The highest BCUT2D eigenvalue weighted by atomic mass is 32.2. The molecule has 2 N–H and O–H groups in total. The molecule has 1 aromatic carbocycles. The molecule has 0 saturated carbocycles. The van der Waals surface area contributed by atoms with Crippen molar-refractivity contribution in [3.8, 4) is 5.75 Å². The van der Waals surface area contributed by atoms with Gasteiger partial charge < -0.3 is 10.4 Å². The lowest BCUT2D eigenvalue weighted by atomic mass is 10.1. The van der Waals surface area contributed by atoms with Crippen LogP contribution in [0, 0.1) is 5.92 Å². The summed E-state index contributed by atoms with van der Waals surface area (Å²) in [7, 11) is -3.11. The highest BCUT2D eigenvalue weighted by Gasteiger charge is 2.30. The fraction of sp³-hybridized carbons (Fsp3) is 0.385. The summed E-state index contributed by atoms with van der Waals surface area (Å²) in [5, 5.41) is 12.5. The second kappa shape index (κ2) is 5.27. The van der Waals surface area contributed by atoms with Crippen LogP contribution in [-0.4, -0.2) is 35.9 Å². The Hall–Kier alpha value is -1.67. The van der Waals surface area contributed by atoms with Crippen LogP contribution in [0.25, 0.3) is 10.2 Å². The largest absolute Gasteiger partial charge is 0.508 e. The minimum absolute atomic E-state index is 0.0927. The van der Waals surface area contributed by atoms with Crippen LogP contribution >= 0.6 is 11.3 Å². The van der Waals surface area contributed by atoms with Gasteiger partial charge in [0.15, 0.2) is 15.0 Å². The average molecular weight is 326 g/mol. The second-order valence-electron chi connectivity index (χ2n) is 5.11. The number of phenolic OH excluding ortho intramolecular Hbond substituents is 1. The molecular weight excluding hydrogens is 312 g/mol. The summed E-state index contributed by atoms with van der Waals surface area (Å²) >= 11 is 1.25. The van der Waals surface area contributed by atoms with Crippen LogP contribution in [0.1, 0.15) is 12.8 Å². The molecule has 1 atom stereocenters. The molecule has 0 aliphatic carbocycles. The fourth-order valence-corrected chi connectivity index (χ4v) is 5.01. The predicted octanol–water partition coefficient (Wildman–Crippen LogP) is 1.77. The molecule has 3 rings (SSSR count). The number of fused-ring (bicyclic) bond motifs is 1. The normalized spacial score (nSPS) is 21.2. The molecule has 21 heavy (non-hydrogen) atoms. The van der Waals surface area contributed by atoms with Gasteiger partial charge in [0.25, 0.3) is 0 Å². The van der Waals surface area contributed by atoms with Crippen molar-refractivity contribution in [2.45, 2.75) is 12.8 Å². The van der Waals surface area contributed by atoms with E-state index in [4.69, 9.17) is 0 Å². The summed E-state index contributed by atoms with van der Waals surface area (Å²) in [4.78, 5) is 16.4. The Balaban J connectivity index is 1.77. The maximum absolute atomic E-state index is 12.1. The molecular formula is C13H14N2O4S2. The Labute approximate surface area is 125 Å². The quantitative estimate of drug-likeness (QED) is 0.876. The van der Waals surface area contributed by atoms with Crippen molar-refractivity contribution in [1.82, 2.24) is 4.98 Å². The number of phenols is 1. The van der Waals surface area contributed by atoms with Crippen molar-refractivity contribution in [3.05, 3.63) is 18.2 Å². The van der Waals surface area contributed by atoms with E-state index in [1.54, 1.807) is 12.1 Å². The molecule has 1 aromatic heterocycles. The number of sulfone groups is 1. The zero-order valence-electron chi connectivity index (χ0n) is 11.1. The summed E-state index contributed by atoms with van der Waals surface area (Å²) in [5.74, 6) is -0.602. The molecule has 8 heteroatoms. The number of rotatable bonds is 2. The number of thiazole rings is 1. The molecule has 1 amide bonds. The van der Waals surface area contributed by atoms with Crippen molar-refractivity contribution in [3.63, 3.8) is 0 Å². The molecule has 1 fully saturated rings. The fourth-order valence-electron chi connectivity index (χ4n) is 2.40. The van der Waals surface area contributed by atoms with Crippen LogP contribution in [0.2, 0.25) is 0 Å². The van der Waals surface area contributed by atoms with Gasteiger partial charge in [-0.05, 0) is 31.0 Å². The van der Waals surface area contributed by atoms with E-state index in [9.17, 15) is 18.3 Å². The Bertz CT molecular complexity index is 798. The van der Waals surface area contributed by atoms with Crippen molar-refractivity contribution in [2.24, 2.45) is 5.92 Å². The van der Waals surface area contributed by atoms with Crippen molar-refractivity contribution >= 4 is 42.4 Å². The molecule has 1 saturated heterocycles. The third-order valence-electron chi connectivity index (χ3n) is 3.44. The summed E-state index contributed by atoms with van der Waals surface area (Å²) in [6.07, 6.45) is 1.10. The summed E-state index contributed by atoms with van der Waals surface area (Å²) in [6, 6.07) is 4.77. The second-order valence-corrected chi connectivity index (χ2v) is 8.37. The van der Waals surface area contributed by atoms with E-state index >= 15 is 0 Å². The van der Waals surface area contributed by atoms with Crippen LogP contribution in [-0.2, 0) is 14.6 Å². The zero-order chi connectivity index (χ0) is 15.0. The van der Waals surface area contributed by atoms with E-state index in [0.29, 0.717) is 23.5 Å². The van der Waals surface area contributed by atoms with Gasteiger partial charge in [0.1, 0.15) is 5.75 Å². The number of anilines is 1. The molecule has 0 spiro atoms. The number of amides is 1. The standard InChI is InChI=1S/C13H14N2O4S2/c16-9-3-4-10-11(6-9)20-13(14-10)15-12(17)8-2-1-5-21(18,19)7-8/h3-4,6,8,16H,1-2,5,7H2,(H,14,15,17). The number of hydrogen-bond acceptors (Lipinski definition) is 6. The van der Waals surface area contributed by atoms with Gasteiger partial charge in [-0.25, -0.2) is 13.4 Å². The maximum atomic E-state index is 12.1. The number of benzene rings is 1. The van der Waals surface area contributed by atoms with E-state index in [1.165, 1.54) is 17.4 Å². The molecule has 0 radical (unpaired) electrons. The third-order valence-corrected chi connectivity index (χ3v) is 6.19. The summed E-state index contributed by atoms with van der Waals surface area (Å²) in [6.45, 7) is 0. The number of nitrogens with one attached hydrogen (secondary N) is 1. The lowest BCUT2D eigenvalue weighted by Crippen LogP contribution is -2.34. The Morgan fingerprint density at radius 2 is 2.24 bits per heavy atom. The number of nitrogens with zero attached hydrogens (tertiary/aromatic N) is 1. The molecule has 1 aliphatic heterocycles. The average Bonchev–Trinajstić information content (AvgIpc) is 2.78. The lowest BCUT2D eigenvalue weighted by Gasteiger charge is -2.20. The van der Waals surface area contributed by atoms with Crippen LogP contribution < -0.4 is 5.32 Å². The van der Waals surface area contributed by atoms with Crippen molar-refractivity contribution in [2.75, 3.05) is 16.8 Å². The molecule has 2 aromatic rings. The van der Waals surface area contributed by atoms with Gasteiger partial charge in [0, 0.05) is 0 Å². The molecule has 2 heterocycles. The zero-order valence-corrected chi connectivity index (χ0v) is 12.7. The first kappa shape index (κ1) is 14.3. The molecule has 6 nitrogen and oxygen atoms in total. The van der Waals surface area contributed by atoms with Gasteiger partial charge in [-0.2, -0.15) is 0 Å². The van der Waals surface area contributed by atoms with Crippen LogP contribution in [0.15, 0.2) is 18.2 Å². The number of carbonyl (C=O) groups excluding carboxylic acids is 1. The number of carbonyl (C=O) groups is 1. The van der Waals surface area contributed by atoms with E-state index in [-0.39, 0.29) is 23.2 Å². The third kappa shape index (κ3) is 3.16. The Kier molecular flexibility index (Phi) is 3.58. The lowest BCUT2D eigenvalue weighted by molar-refractivity contribution is -0.119. The van der Waals surface area contributed by atoms with Crippen LogP contribution in [0.3, 0.4) is 0 Å². The first-order valence-corrected chi connectivity index (χ1v) is 9.17. The van der Waals surface area contributed by atoms with Gasteiger partial charge in [-0.3, -0.25) is 4.79 Å². The van der Waals surface area contributed by atoms with Crippen LogP contribution in [0.5, 0.6) is 5.75 Å². The number of aromatic nitrogens is 1. The smallest absolute Gasteiger partial charge is 0.230 e. The first-order chi connectivity index (χ1) is 9.93. The van der Waals surface area contributed by atoms with E-state index in [0.717, 1.165) is 4.70 Å². The van der Waals surface area contributed by atoms with E-state index < -0.39 is 15.8 Å². The SMILES string of the molecule is O=C(Nc1nc2ccc(O)cc2s1)C1CCCS(=O)(=O)C1.